The van der Waals surface area contributed by atoms with Crippen LogP contribution in [0.3, 0.4) is 0 Å². The van der Waals surface area contributed by atoms with Crippen LogP contribution in [0, 0.1) is 0 Å². The molecule has 156 valence electrons. The number of nitrogens with two attached hydrogens (primary N) is 1. The average Bonchev–Trinajstić information content (AvgIpc) is 3.23. The molecule has 6 heteroatoms. The summed E-state index contributed by atoms with van der Waals surface area (Å²) in [7, 11) is -1.32. The van der Waals surface area contributed by atoms with Crippen LogP contribution in [0.25, 0.3) is 0 Å². The van der Waals surface area contributed by atoms with E-state index in [1.807, 2.05) is 12.1 Å². The molecule has 0 radical (unpaired) electrons. The van der Waals surface area contributed by atoms with Gasteiger partial charge in [0.2, 0.25) is 10.0 Å². The summed E-state index contributed by atoms with van der Waals surface area (Å²) >= 11 is 0. The molecular weight excluding hydrogens is 382 g/mol. The summed E-state index contributed by atoms with van der Waals surface area (Å²) in [5, 5.41) is 5.20. The first-order valence-corrected chi connectivity index (χ1v) is 12.1. The second-order valence-electron chi connectivity index (χ2n) is 8.44. The minimum atomic E-state index is -3.63. The molecule has 0 unspecified atom stereocenters. The Balaban J connectivity index is 1.38. The van der Waals surface area contributed by atoms with Gasteiger partial charge in [-0.15, -0.1) is 0 Å². The Morgan fingerprint density at radius 1 is 0.931 bits per heavy atom. The number of sulfonamides is 1. The van der Waals surface area contributed by atoms with Gasteiger partial charge in [-0.3, -0.25) is 4.90 Å². The summed E-state index contributed by atoms with van der Waals surface area (Å²) in [4.78, 5) is 5.16. The third kappa shape index (κ3) is 4.49. The van der Waals surface area contributed by atoms with Crippen LogP contribution < -0.4 is 10.0 Å². The van der Waals surface area contributed by atoms with Gasteiger partial charge in [0.1, 0.15) is 0 Å². The number of rotatable bonds is 5. The number of anilines is 1. The molecule has 2 aromatic rings. The van der Waals surface area contributed by atoms with E-state index in [0.717, 1.165) is 31.6 Å². The highest BCUT2D eigenvalue weighted by Gasteiger charge is 2.35. The van der Waals surface area contributed by atoms with Gasteiger partial charge in [0.25, 0.3) is 0 Å². The first kappa shape index (κ1) is 20.4. The molecule has 0 aromatic heterocycles. The number of likely N-dealkylation sites (N-methyl/N-ethyl adjacent to an activating group) is 1. The van der Waals surface area contributed by atoms with Crippen LogP contribution in [-0.4, -0.2) is 45.5 Å². The second-order valence-corrected chi connectivity index (χ2v) is 10.00. The standard InChI is InChI=1S/C23H31N3O2S/c1-25(23-9-5-8-22(23)18-6-3-2-4-7-18)19-14-16-26(17-15-19)20-10-12-21(13-11-20)29(24,27)28/h2-4,6-7,10-13,19,22-23H,5,8-9,14-17H2,1H3,(H2,24,27,28)/t22-,23-/m0/s1. The largest absolute Gasteiger partial charge is 0.371 e. The predicted molar refractivity (Wildman–Crippen MR) is 118 cm³/mol. The van der Waals surface area contributed by atoms with Gasteiger partial charge in [-0.05, 0) is 68.5 Å². The monoisotopic (exact) mass is 413 g/mol. The number of piperidine rings is 1. The van der Waals surface area contributed by atoms with E-state index in [0.29, 0.717) is 18.0 Å². The zero-order chi connectivity index (χ0) is 20.4. The molecule has 29 heavy (non-hydrogen) atoms. The fourth-order valence-corrected chi connectivity index (χ4v) is 5.68. The lowest BCUT2D eigenvalue weighted by molar-refractivity contribution is 0.140. The summed E-state index contributed by atoms with van der Waals surface area (Å²) in [6.07, 6.45) is 6.14. The molecule has 1 saturated heterocycles. The minimum Gasteiger partial charge on any atom is -0.371 e. The molecule has 2 aromatic carbocycles. The van der Waals surface area contributed by atoms with E-state index >= 15 is 0 Å². The van der Waals surface area contributed by atoms with Crippen molar-refractivity contribution in [2.75, 3.05) is 25.0 Å². The number of hydrogen-bond acceptors (Lipinski definition) is 4. The van der Waals surface area contributed by atoms with E-state index in [9.17, 15) is 8.42 Å². The van der Waals surface area contributed by atoms with Gasteiger partial charge in [0.15, 0.2) is 0 Å². The Kier molecular flexibility index (Phi) is 5.95. The molecule has 0 amide bonds. The molecule has 2 N–H and O–H groups in total. The average molecular weight is 414 g/mol. The predicted octanol–water partition coefficient (Wildman–Crippen LogP) is 3.57. The van der Waals surface area contributed by atoms with Crippen molar-refractivity contribution in [1.29, 1.82) is 0 Å². The zero-order valence-electron chi connectivity index (χ0n) is 17.1. The lowest BCUT2D eigenvalue weighted by Crippen LogP contribution is -2.48. The highest BCUT2D eigenvalue weighted by molar-refractivity contribution is 7.89. The van der Waals surface area contributed by atoms with E-state index in [1.54, 1.807) is 12.1 Å². The SMILES string of the molecule is CN(C1CCN(c2ccc(S(N)(=O)=O)cc2)CC1)[C@H]1CCC[C@H]1c1ccccc1. The quantitative estimate of drug-likeness (QED) is 0.814. The molecule has 2 aliphatic rings. The molecular formula is C23H31N3O2S. The number of primary sulfonamides is 1. The lowest BCUT2D eigenvalue weighted by Gasteiger charge is -2.42. The maximum Gasteiger partial charge on any atom is 0.238 e. The van der Waals surface area contributed by atoms with Crippen LogP contribution in [0.5, 0.6) is 0 Å². The van der Waals surface area contributed by atoms with Gasteiger partial charge in [-0.1, -0.05) is 36.8 Å². The Morgan fingerprint density at radius 3 is 2.21 bits per heavy atom. The Hall–Kier alpha value is -1.89. The third-order valence-corrected chi connectivity index (χ3v) is 7.73. The fourth-order valence-electron chi connectivity index (χ4n) is 5.17. The second kappa shape index (κ2) is 8.46. The van der Waals surface area contributed by atoms with Gasteiger partial charge < -0.3 is 4.90 Å². The van der Waals surface area contributed by atoms with Crippen molar-refractivity contribution in [2.24, 2.45) is 5.14 Å². The van der Waals surface area contributed by atoms with Crippen LogP contribution in [0.2, 0.25) is 0 Å². The molecule has 0 bridgehead atoms. The van der Waals surface area contributed by atoms with E-state index < -0.39 is 10.0 Å². The topological polar surface area (TPSA) is 66.6 Å². The normalized spacial score (nSPS) is 23.6. The van der Waals surface area contributed by atoms with Gasteiger partial charge in [0, 0.05) is 30.9 Å². The highest BCUT2D eigenvalue weighted by atomic mass is 32.2. The minimum absolute atomic E-state index is 0.170. The number of hydrogen-bond donors (Lipinski definition) is 1. The maximum absolute atomic E-state index is 11.5. The van der Waals surface area contributed by atoms with Gasteiger partial charge >= 0.3 is 0 Å². The van der Waals surface area contributed by atoms with Crippen molar-refractivity contribution >= 4 is 15.7 Å². The molecule has 0 spiro atoms. The van der Waals surface area contributed by atoms with Crippen LogP contribution in [0.4, 0.5) is 5.69 Å². The molecule has 1 heterocycles. The molecule has 2 atom stereocenters. The van der Waals surface area contributed by atoms with Crippen molar-refractivity contribution in [3.8, 4) is 0 Å². The summed E-state index contributed by atoms with van der Waals surface area (Å²) in [5.41, 5.74) is 2.55. The molecule has 1 aliphatic carbocycles. The van der Waals surface area contributed by atoms with Crippen LogP contribution in [-0.2, 0) is 10.0 Å². The summed E-state index contributed by atoms with van der Waals surface area (Å²) in [5.74, 6) is 0.644. The Bertz CT molecular complexity index is 907. The van der Waals surface area contributed by atoms with Crippen molar-refractivity contribution in [2.45, 2.75) is 55.0 Å². The smallest absolute Gasteiger partial charge is 0.238 e. The maximum atomic E-state index is 11.5. The van der Waals surface area contributed by atoms with Gasteiger partial charge in [-0.2, -0.15) is 0 Å². The summed E-state index contributed by atoms with van der Waals surface area (Å²) in [6, 6.07) is 19.1. The van der Waals surface area contributed by atoms with Crippen molar-refractivity contribution in [3.63, 3.8) is 0 Å². The van der Waals surface area contributed by atoms with Crippen LogP contribution >= 0.6 is 0 Å². The van der Waals surface area contributed by atoms with Crippen molar-refractivity contribution in [1.82, 2.24) is 4.90 Å². The fraction of sp³-hybridized carbons (Fsp3) is 0.478. The van der Waals surface area contributed by atoms with Gasteiger partial charge in [-0.25, -0.2) is 13.6 Å². The van der Waals surface area contributed by atoms with Crippen LogP contribution in [0.1, 0.15) is 43.6 Å². The Morgan fingerprint density at radius 2 is 1.59 bits per heavy atom. The molecule has 4 rings (SSSR count). The van der Waals surface area contributed by atoms with Crippen molar-refractivity contribution < 1.29 is 8.42 Å². The highest BCUT2D eigenvalue weighted by Crippen LogP contribution is 2.39. The molecule has 1 aliphatic heterocycles. The molecule has 1 saturated carbocycles. The molecule has 5 nitrogen and oxygen atoms in total. The first-order chi connectivity index (χ1) is 13.9. The van der Waals surface area contributed by atoms with E-state index in [2.05, 4.69) is 47.2 Å². The van der Waals surface area contributed by atoms with Crippen molar-refractivity contribution in [3.05, 3.63) is 60.2 Å². The number of benzene rings is 2. The Labute approximate surface area is 174 Å². The number of nitrogens with zero attached hydrogens (tertiary/aromatic N) is 2. The lowest BCUT2D eigenvalue weighted by atomic mass is 9.91. The first-order valence-electron chi connectivity index (χ1n) is 10.6. The van der Waals surface area contributed by atoms with E-state index in [1.165, 1.54) is 24.8 Å². The van der Waals surface area contributed by atoms with E-state index in [-0.39, 0.29) is 4.90 Å². The van der Waals surface area contributed by atoms with Crippen LogP contribution in [0.15, 0.2) is 59.5 Å². The molecule has 2 fully saturated rings. The summed E-state index contributed by atoms with van der Waals surface area (Å²) in [6.45, 7) is 1.99. The zero-order valence-corrected chi connectivity index (χ0v) is 17.9. The van der Waals surface area contributed by atoms with Gasteiger partial charge in [0.05, 0.1) is 4.90 Å². The summed E-state index contributed by atoms with van der Waals surface area (Å²) < 4.78 is 22.9. The third-order valence-electron chi connectivity index (χ3n) is 6.80. The van der Waals surface area contributed by atoms with E-state index in [4.69, 9.17) is 5.14 Å².